The number of nitrogens with one attached hydrogen (secondary N) is 1. The van der Waals surface area contributed by atoms with Gasteiger partial charge < -0.3 is 10.1 Å². The van der Waals surface area contributed by atoms with Gasteiger partial charge in [-0.2, -0.15) is 0 Å². The number of likely N-dealkylation sites (N-methyl/N-ethyl adjacent to an activating group) is 1. The van der Waals surface area contributed by atoms with E-state index < -0.39 is 6.10 Å². The normalized spacial score (nSPS) is 11.8. The molecule has 0 aliphatic heterocycles. The van der Waals surface area contributed by atoms with Gasteiger partial charge in [-0.25, -0.2) is 0 Å². The number of carbonyl (C=O) groups excluding carboxylic acids is 2. The third-order valence-corrected chi connectivity index (χ3v) is 2.87. The molecule has 1 unspecified atom stereocenters. The van der Waals surface area contributed by atoms with E-state index in [4.69, 9.17) is 4.74 Å². The second-order valence-corrected chi connectivity index (χ2v) is 4.83. The van der Waals surface area contributed by atoms with Crippen LogP contribution in [0.5, 0.6) is 5.75 Å². The topological polar surface area (TPSA) is 55.4 Å². The first-order valence-electron chi connectivity index (χ1n) is 5.69. The molecule has 0 aliphatic rings. The first-order chi connectivity index (χ1) is 8.49. The molecule has 4 nitrogen and oxygen atoms in total. The van der Waals surface area contributed by atoms with E-state index in [9.17, 15) is 9.59 Å². The summed E-state index contributed by atoms with van der Waals surface area (Å²) in [6.45, 7) is 5.87. The lowest BCUT2D eigenvalue weighted by Gasteiger charge is -2.17. The van der Waals surface area contributed by atoms with E-state index >= 15 is 0 Å². The van der Waals surface area contributed by atoms with Crippen molar-refractivity contribution < 1.29 is 14.3 Å². The number of carbonyl (C=O) groups is 2. The van der Waals surface area contributed by atoms with Gasteiger partial charge in [0.15, 0.2) is 12.4 Å². The molecule has 0 fully saturated rings. The predicted molar refractivity (Wildman–Crippen MR) is 73.0 cm³/mol. The molecule has 5 heteroatoms. The third-order valence-electron chi connectivity index (χ3n) is 2.41. The van der Waals surface area contributed by atoms with Crippen LogP contribution in [0.25, 0.3) is 0 Å². The molecule has 1 aromatic rings. The molecule has 0 heterocycles. The highest BCUT2D eigenvalue weighted by atomic mass is 79.9. The summed E-state index contributed by atoms with van der Waals surface area (Å²) in [6.07, 6.45) is 0.0842. The van der Waals surface area contributed by atoms with Crippen molar-refractivity contribution in [1.82, 2.24) is 5.32 Å². The lowest BCUT2D eigenvalue weighted by molar-refractivity contribution is -0.127. The Hall–Kier alpha value is -1.36. The second kappa shape index (κ2) is 6.54. The summed E-state index contributed by atoms with van der Waals surface area (Å²) in [5.41, 5.74) is 1.24. The Balaban J connectivity index is 2.96. The summed E-state index contributed by atoms with van der Waals surface area (Å²) in [4.78, 5) is 22.6. The fourth-order valence-corrected chi connectivity index (χ4v) is 2.14. The molecule has 1 atom stereocenters. The van der Waals surface area contributed by atoms with Gasteiger partial charge in [0.1, 0.15) is 5.75 Å². The van der Waals surface area contributed by atoms with E-state index in [-0.39, 0.29) is 5.91 Å². The molecular formula is C13H16BrNO3. The maximum atomic E-state index is 11.6. The number of aryl methyl sites for hydroxylation is 1. The highest BCUT2D eigenvalue weighted by molar-refractivity contribution is 9.10. The molecule has 0 saturated carbocycles. The molecule has 1 rings (SSSR count). The predicted octanol–water partition coefficient (Wildman–Crippen LogP) is 2.47. The molecular weight excluding hydrogens is 298 g/mol. The number of halogens is 1. The lowest BCUT2D eigenvalue weighted by Crippen LogP contribution is -2.36. The van der Waals surface area contributed by atoms with Gasteiger partial charge in [0.25, 0.3) is 5.91 Å². The summed E-state index contributed by atoms with van der Waals surface area (Å²) in [5.74, 6) is 0.253. The van der Waals surface area contributed by atoms with Gasteiger partial charge in [0.2, 0.25) is 0 Å². The number of hydrogen-bond acceptors (Lipinski definition) is 3. The minimum Gasteiger partial charge on any atom is -0.480 e. The fraction of sp³-hybridized carbons (Fsp3) is 0.385. The van der Waals surface area contributed by atoms with Crippen molar-refractivity contribution >= 4 is 28.1 Å². The summed E-state index contributed by atoms with van der Waals surface area (Å²) in [7, 11) is 0. The standard InChI is InChI=1S/C13H16BrNO3/c1-4-15-13(17)9(3)18-12-8(2)5-11(14)6-10(12)7-16/h5-7,9H,4H2,1-3H3,(H,15,17). The summed E-state index contributed by atoms with van der Waals surface area (Å²) < 4.78 is 6.38. The minimum absolute atomic E-state index is 0.198. The van der Waals surface area contributed by atoms with Gasteiger partial charge in [-0.3, -0.25) is 9.59 Å². The van der Waals surface area contributed by atoms with Crippen LogP contribution in [0, 0.1) is 6.92 Å². The number of hydrogen-bond donors (Lipinski definition) is 1. The first kappa shape index (κ1) is 14.7. The molecule has 1 amide bonds. The van der Waals surface area contributed by atoms with E-state index in [1.807, 2.05) is 19.9 Å². The molecule has 0 spiro atoms. The molecule has 98 valence electrons. The number of aldehydes is 1. The van der Waals surface area contributed by atoms with Crippen molar-refractivity contribution in [3.8, 4) is 5.75 Å². The number of ether oxygens (including phenoxy) is 1. The average Bonchev–Trinajstić information content (AvgIpc) is 2.32. The molecule has 0 radical (unpaired) electrons. The monoisotopic (exact) mass is 313 g/mol. The Morgan fingerprint density at radius 2 is 2.22 bits per heavy atom. The Bertz CT molecular complexity index is 460. The van der Waals surface area contributed by atoms with E-state index in [0.717, 1.165) is 16.3 Å². The third kappa shape index (κ3) is 3.57. The zero-order chi connectivity index (χ0) is 13.7. The SMILES string of the molecule is CCNC(=O)C(C)Oc1c(C)cc(Br)cc1C=O. The van der Waals surface area contributed by atoms with Crippen LogP contribution in [-0.2, 0) is 4.79 Å². The fourth-order valence-electron chi connectivity index (χ4n) is 1.55. The van der Waals surface area contributed by atoms with Crippen molar-refractivity contribution in [2.45, 2.75) is 26.9 Å². The molecule has 0 aliphatic carbocycles. The van der Waals surface area contributed by atoms with Crippen LogP contribution in [0.4, 0.5) is 0 Å². The van der Waals surface area contributed by atoms with Crippen molar-refractivity contribution in [3.63, 3.8) is 0 Å². The van der Waals surface area contributed by atoms with E-state index in [1.165, 1.54) is 0 Å². The van der Waals surface area contributed by atoms with Crippen LogP contribution < -0.4 is 10.1 Å². The van der Waals surface area contributed by atoms with Gasteiger partial charge in [0, 0.05) is 11.0 Å². The summed E-state index contributed by atoms with van der Waals surface area (Å²) in [5, 5.41) is 2.67. The van der Waals surface area contributed by atoms with Crippen LogP contribution in [0.1, 0.15) is 29.8 Å². The van der Waals surface area contributed by atoms with Crippen LogP contribution in [-0.4, -0.2) is 24.8 Å². The molecule has 1 N–H and O–H groups in total. The van der Waals surface area contributed by atoms with Crippen molar-refractivity contribution in [3.05, 3.63) is 27.7 Å². The Kier molecular flexibility index (Phi) is 5.34. The minimum atomic E-state index is -0.636. The summed E-state index contributed by atoms with van der Waals surface area (Å²) in [6, 6.07) is 3.51. The Labute approximate surface area is 115 Å². The molecule has 1 aromatic carbocycles. The highest BCUT2D eigenvalue weighted by Gasteiger charge is 2.17. The first-order valence-corrected chi connectivity index (χ1v) is 6.48. The molecule has 0 bridgehead atoms. The maximum absolute atomic E-state index is 11.6. The smallest absolute Gasteiger partial charge is 0.260 e. The van der Waals surface area contributed by atoms with Gasteiger partial charge in [0.05, 0.1) is 5.56 Å². The maximum Gasteiger partial charge on any atom is 0.260 e. The van der Waals surface area contributed by atoms with Crippen LogP contribution in [0.15, 0.2) is 16.6 Å². The van der Waals surface area contributed by atoms with Crippen LogP contribution in [0.3, 0.4) is 0 Å². The lowest BCUT2D eigenvalue weighted by atomic mass is 10.1. The zero-order valence-corrected chi connectivity index (χ0v) is 12.2. The second-order valence-electron chi connectivity index (χ2n) is 3.91. The van der Waals surface area contributed by atoms with Gasteiger partial charge >= 0.3 is 0 Å². The van der Waals surface area contributed by atoms with Gasteiger partial charge in [-0.15, -0.1) is 0 Å². The largest absolute Gasteiger partial charge is 0.480 e. The summed E-state index contributed by atoms with van der Waals surface area (Å²) >= 11 is 3.31. The Morgan fingerprint density at radius 3 is 2.78 bits per heavy atom. The van der Waals surface area contributed by atoms with E-state index in [1.54, 1.807) is 13.0 Å². The quantitative estimate of drug-likeness (QED) is 0.850. The van der Waals surface area contributed by atoms with Crippen molar-refractivity contribution in [2.24, 2.45) is 0 Å². The van der Waals surface area contributed by atoms with Crippen molar-refractivity contribution in [1.29, 1.82) is 0 Å². The average molecular weight is 314 g/mol. The molecule has 0 aromatic heterocycles. The van der Waals surface area contributed by atoms with Gasteiger partial charge in [-0.1, -0.05) is 15.9 Å². The zero-order valence-electron chi connectivity index (χ0n) is 10.6. The molecule has 18 heavy (non-hydrogen) atoms. The Morgan fingerprint density at radius 1 is 1.56 bits per heavy atom. The van der Waals surface area contributed by atoms with Crippen molar-refractivity contribution in [2.75, 3.05) is 6.54 Å². The van der Waals surface area contributed by atoms with Gasteiger partial charge in [-0.05, 0) is 38.5 Å². The number of benzene rings is 1. The number of amides is 1. The van der Waals surface area contributed by atoms with E-state index in [2.05, 4.69) is 21.2 Å². The number of rotatable bonds is 5. The molecule has 0 saturated heterocycles. The highest BCUT2D eigenvalue weighted by Crippen LogP contribution is 2.27. The van der Waals surface area contributed by atoms with Crippen LogP contribution >= 0.6 is 15.9 Å². The van der Waals surface area contributed by atoms with E-state index in [0.29, 0.717) is 17.9 Å². The van der Waals surface area contributed by atoms with Crippen LogP contribution in [0.2, 0.25) is 0 Å².